The van der Waals surface area contributed by atoms with Crippen molar-refractivity contribution >= 4 is 5.91 Å². The summed E-state index contributed by atoms with van der Waals surface area (Å²) in [6, 6.07) is 0. The zero-order chi connectivity index (χ0) is 10.6. The summed E-state index contributed by atoms with van der Waals surface area (Å²) in [5.74, 6) is 1.74. The number of amides is 1. The molecule has 1 amide bonds. The first-order chi connectivity index (χ1) is 6.69. The van der Waals surface area contributed by atoms with E-state index in [1.165, 1.54) is 6.42 Å². The molecule has 0 spiro atoms. The molecule has 0 aromatic heterocycles. The van der Waals surface area contributed by atoms with Crippen LogP contribution in [0.5, 0.6) is 0 Å². The Balaban J connectivity index is 2.47. The molecule has 1 saturated heterocycles. The van der Waals surface area contributed by atoms with Crippen molar-refractivity contribution in [3.63, 3.8) is 0 Å². The van der Waals surface area contributed by atoms with Crippen LogP contribution in [-0.2, 0) is 4.79 Å². The molecule has 1 aliphatic heterocycles. The molecular formula is C11H22N2O. The van der Waals surface area contributed by atoms with E-state index in [1.807, 2.05) is 0 Å². The molecule has 2 N–H and O–H groups in total. The quantitative estimate of drug-likeness (QED) is 0.710. The lowest BCUT2D eigenvalue weighted by Gasteiger charge is -2.32. The Kier molecular flexibility index (Phi) is 4.39. The Labute approximate surface area is 86.6 Å². The monoisotopic (exact) mass is 198 g/mol. The molecule has 14 heavy (non-hydrogen) atoms. The molecule has 1 aliphatic rings. The van der Waals surface area contributed by atoms with E-state index in [0.29, 0.717) is 5.92 Å². The Morgan fingerprint density at radius 2 is 2.29 bits per heavy atom. The first-order valence-electron chi connectivity index (χ1n) is 5.61. The maximum atomic E-state index is 11.5. The normalized spacial score (nSPS) is 29.6. The lowest BCUT2D eigenvalue weighted by molar-refractivity contribution is -0.125. The molecule has 0 bridgehead atoms. The molecule has 1 fully saturated rings. The Morgan fingerprint density at radius 1 is 1.57 bits per heavy atom. The summed E-state index contributed by atoms with van der Waals surface area (Å²) in [7, 11) is 1.72. The molecule has 1 rings (SSSR count). The minimum absolute atomic E-state index is 0.174. The van der Waals surface area contributed by atoms with Crippen LogP contribution in [0.2, 0.25) is 0 Å². The van der Waals surface area contributed by atoms with Crippen LogP contribution in [0.4, 0.5) is 0 Å². The highest BCUT2D eigenvalue weighted by Gasteiger charge is 2.28. The number of hydrogen-bond donors (Lipinski definition) is 2. The topological polar surface area (TPSA) is 41.1 Å². The van der Waals surface area contributed by atoms with Crippen LogP contribution in [0, 0.1) is 17.8 Å². The highest BCUT2D eigenvalue weighted by molar-refractivity contribution is 5.78. The van der Waals surface area contributed by atoms with Gasteiger partial charge in [0, 0.05) is 13.6 Å². The fourth-order valence-electron chi connectivity index (χ4n) is 2.15. The van der Waals surface area contributed by atoms with Gasteiger partial charge in [-0.1, -0.05) is 20.3 Å². The molecule has 3 nitrogen and oxygen atoms in total. The summed E-state index contributed by atoms with van der Waals surface area (Å²) in [4.78, 5) is 11.5. The molecule has 0 saturated carbocycles. The van der Waals surface area contributed by atoms with E-state index >= 15 is 0 Å². The Morgan fingerprint density at radius 3 is 2.86 bits per heavy atom. The second-order valence-corrected chi connectivity index (χ2v) is 4.35. The summed E-state index contributed by atoms with van der Waals surface area (Å²) in [5, 5.41) is 6.09. The minimum atomic E-state index is 0.174. The standard InChI is InChI=1S/C11H22N2O/c1-4-8(2)9-5-10(7-13-6-9)11(14)12-3/h8-10,13H,4-7H2,1-3H3,(H,12,14)/t8-,9?,10-/m1/s1. The van der Waals surface area contributed by atoms with Crippen LogP contribution in [0.1, 0.15) is 26.7 Å². The van der Waals surface area contributed by atoms with Crippen molar-refractivity contribution in [3.8, 4) is 0 Å². The van der Waals surface area contributed by atoms with E-state index in [4.69, 9.17) is 0 Å². The van der Waals surface area contributed by atoms with Gasteiger partial charge in [0.05, 0.1) is 5.92 Å². The number of nitrogens with one attached hydrogen (secondary N) is 2. The first kappa shape index (κ1) is 11.5. The van der Waals surface area contributed by atoms with Gasteiger partial charge in [-0.25, -0.2) is 0 Å². The van der Waals surface area contributed by atoms with Crippen LogP contribution in [-0.4, -0.2) is 26.0 Å². The van der Waals surface area contributed by atoms with Gasteiger partial charge >= 0.3 is 0 Å². The SMILES string of the molecule is CC[C@@H](C)C1CNC[C@H](C(=O)NC)C1. The van der Waals surface area contributed by atoms with Crippen LogP contribution >= 0.6 is 0 Å². The van der Waals surface area contributed by atoms with E-state index < -0.39 is 0 Å². The highest BCUT2D eigenvalue weighted by atomic mass is 16.1. The van der Waals surface area contributed by atoms with Crippen molar-refractivity contribution in [1.82, 2.24) is 10.6 Å². The zero-order valence-corrected chi connectivity index (χ0v) is 9.47. The molecule has 0 radical (unpaired) electrons. The fourth-order valence-corrected chi connectivity index (χ4v) is 2.15. The van der Waals surface area contributed by atoms with E-state index in [9.17, 15) is 4.79 Å². The average molecular weight is 198 g/mol. The van der Waals surface area contributed by atoms with Crippen LogP contribution < -0.4 is 10.6 Å². The first-order valence-corrected chi connectivity index (χ1v) is 5.61. The van der Waals surface area contributed by atoms with Gasteiger partial charge in [0.1, 0.15) is 0 Å². The summed E-state index contributed by atoms with van der Waals surface area (Å²) in [6.45, 7) is 6.40. The number of rotatable bonds is 3. The van der Waals surface area contributed by atoms with E-state index in [0.717, 1.165) is 25.4 Å². The van der Waals surface area contributed by atoms with Gasteiger partial charge in [0.15, 0.2) is 0 Å². The molecule has 0 aromatic rings. The van der Waals surface area contributed by atoms with Crippen molar-refractivity contribution < 1.29 is 4.79 Å². The predicted octanol–water partition coefficient (Wildman–Crippen LogP) is 1.00. The van der Waals surface area contributed by atoms with Gasteiger partial charge in [-0.15, -0.1) is 0 Å². The number of carbonyl (C=O) groups is 1. The predicted molar refractivity (Wildman–Crippen MR) is 58.0 cm³/mol. The molecule has 0 aromatic carbocycles. The molecule has 1 unspecified atom stereocenters. The van der Waals surface area contributed by atoms with E-state index in [-0.39, 0.29) is 11.8 Å². The van der Waals surface area contributed by atoms with Gasteiger partial charge in [-0.05, 0) is 24.8 Å². The highest BCUT2D eigenvalue weighted by Crippen LogP contribution is 2.25. The number of carbonyl (C=O) groups excluding carboxylic acids is 1. The fraction of sp³-hybridized carbons (Fsp3) is 0.909. The van der Waals surface area contributed by atoms with Gasteiger partial charge < -0.3 is 10.6 Å². The third-order valence-electron chi connectivity index (χ3n) is 3.45. The third kappa shape index (κ3) is 2.71. The lowest BCUT2D eigenvalue weighted by atomic mass is 9.81. The molecule has 82 valence electrons. The summed E-state index contributed by atoms with van der Waals surface area (Å²) in [6.07, 6.45) is 2.24. The maximum absolute atomic E-state index is 11.5. The minimum Gasteiger partial charge on any atom is -0.359 e. The molecular weight excluding hydrogens is 176 g/mol. The van der Waals surface area contributed by atoms with Crippen molar-refractivity contribution in [2.24, 2.45) is 17.8 Å². The molecule has 0 aliphatic carbocycles. The summed E-state index contributed by atoms with van der Waals surface area (Å²) < 4.78 is 0. The average Bonchev–Trinajstić information content (AvgIpc) is 2.27. The largest absolute Gasteiger partial charge is 0.359 e. The second kappa shape index (κ2) is 5.35. The van der Waals surface area contributed by atoms with Gasteiger partial charge in [0.2, 0.25) is 5.91 Å². The maximum Gasteiger partial charge on any atom is 0.224 e. The Hall–Kier alpha value is -0.570. The molecule has 3 heteroatoms. The molecule has 1 heterocycles. The van der Waals surface area contributed by atoms with E-state index in [1.54, 1.807) is 7.05 Å². The lowest BCUT2D eigenvalue weighted by Crippen LogP contribution is -2.44. The van der Waals surface area contributed by atoms with Gasteiger partial charge in [0.25, 0.3) is 0 Å². The van der Waals surface area contributed by atoms with Gasteiger partial charge in [-0.2, -0.15) is 0 Å². The van der Waals surface area contributed by atoms with Crippen molar-refractivity contribution in [1.29, 1.82) is 0 Å². The van der Waals surface area contributed by atoms with Crippen molar-refractivity contribution in [2.45, 2.75) is 26.7 Å². The van der Waals surface area contributed by atoms with Crippen molar-refractivity contribution in [2.75, 3.05) is 20.1 Å². The smallest absolute Gasteiger partial charge is 0.224 e. The van der Waals surface area contributed by atoms with Gasteiger partial charge in [-0.3, -0.25) is 4.79 Å². The molecule has 3 atom stereocenters. The van der Waals surface area contributed by atoms with Crippen LogP contribution in [0.15, 0.2) is 0 Å². The van der Waals surface area contributed by atoms with Crippen molar-refractivity contribution in [3.05, 3.63) is 0 Å². The zero-order valence-electron chi connectivity index (χ0n) is 9.47. The van der Waals surface area contributed by atoms with Crippen LogP contribution in [0.3, 0.4) is 0 Å². The summed E-state index contributed by atoms with van der Waals surface area (Å²) in [5.41, 5.74) is 0. The number of piperidine rings is 1. The Bertz CT molecular complexity index is 194. The van der Waals surface area contributed by atoms with Crippen LogP contribution in [0.25, 0.3) is 0 Å². The third-order valence-corrected chi connectivity index (χ3v) is 3.45. The van der Waals surface area contributed by atoms with E-state index in [2.05, 4.69) is 24.5 Å². The number of hydrogen-bond acceptors (Lipinski definition) is 2. The summed E-state index contributed by atoms with van der Waals surface area (Å²) >= 11 is 0. The second-order valence-electron chi connectivity index (χ2n) is 4.35.